The highest BCUT2D eigenvalue weighted by atomic mass is 19.1. The van der Waals surface area contributed by atoms with E-state index in [1.54, 1.807) is 10.9 Å². The smallest absolute Gasteiger partial charge is 0.230 e. The van der Waals surface area contributed by atoms with Crippen molar-refractivity contribution in [1.29, 1.82) is 0 Å². The Morgan fingerprint density at radius 2 is 2.12 bits per heavy atom. The highest BCUT2D eigenvalue weighted by Gasteiger charge is 2.50. The maximum Gasteiger partial charge on any atom is 0.230 e. The number of rotatable bonds is 4. The Morgan fingerprint density at radius 3 is 2.73 bits per heavy atom. The number of anilines is 1. The third-order valence-corrected chi connectivity index (χ3v) is 5.26. The molecule has 0 radical (unpaired) electrons. The molecule has 0 aromatic carbocycles. The van der Waals surface area contributed by atoms with E-state index >= 15 is 0 Å². The first-order valence-electron chi connectivity index (χ1n) is 8.67. The quantitative estimate of drug-likeness (QED) is 0.907. The van der Waals surface area contributed by atoms with Gasteiger partial charge in [-0.25, -0.2) is 4.39 Å². The maximum absolute atomic E-state index is 13.8. The molecule has 136 valence electrons. The number of nitrogens with one attached hydrogen (secondary N) is 1. The predicted molar refractivity (Wildman–Crippen MR) is 91.5 cm³/mol. The molecule has 0 spiro atoms. The molecule has 1 saturated heterocycles. The molecule has 8 heteroatoms. The first-order chi connectivity index (χ1) is 12.5. The summed E-state index contributed by atoms with van der Waals surface area (Å²) in [5, 5.41) is 6.89. The van der Waals surface area contributed by atoms with Gasteiger partial charge in [0.25, 0.3) is 0 Å². The molecule has 1 N–H and O–H groups in total. The van der Waals surface area contributed by atoms with E-state index in [0.717, 1.165) is 30.3 Å². The minimum absolute atomic E-state index is 0.0314. The van der Waals surface area contributed by atoms with Crippen LogP contribution in [-0.4, -0.2) is 37.5 Å². The monoisotopic (exact) mass is 357 g/mol. The second-order valence-corrected chi connectivity index (χ2v) is 6.94. The summed E-state index contributed by atoms with van der Waals surface area (Å²) in [7, 11) is 1.83. The lowest BCUT2D eigenvalue weighted by molar-refractivity contribution is -0.129. The molecular weight excluding hydrogens is 337 g/mol. The first-order valence-corrected chi connectivity index (χ1v) is 8.67. The van der Waals surface area contributed by atoms with Crippen molar-refractivity contribution in [2.75, 3.05) is 5.32 Å². The van der Waals surface area contributed by atoms with Crippen LogP contribution in [0.5, 0.6) is 0 Å². The van der Waals surface area contributed by atoms with E-state index in [1.807, 2.05) is 18.9 Å². The van der Waals surface area contributed by atoms with Crippen LogP contribution in [0.2, 0.25) is 0 Å². The summed E-state index contributed by atoms with van der Waals surface area (Å²) in [6, 6.07) is 1.23. The highest BCUT2D eigenvalue weighted by molar-refractivity contribution is 5.98. The molecule has 2 atom stereocenters. The Bertz CT molecular complexity index is 876. The number of hydrogen-bond acceptors (Lipinski definition) is 4. The molecule has 0 bridgehead atoms. The zero-order valence-electron chi connectivity index (χ0n) is 14.6. The van der Waals surface area contributed by atoms with Gasteiger partial charge in [-0.1, -0.05) is 0 Å². The van der Waals surface area contributed by atoms with Crippen LogP contribution in [-0.2, 0) is 16.6 Å². The summed E-state index contributed by atoms with van der Waals surface area (Å²) in [4.78, 5) is 31.0. The van der Waals surface area contributed by atoms with E-state index < -0.39 is 11.7 Å². The molecular formula is C18H20FN5O2. The summed E-state index contributed by atoms with van der Waals surface area (Å²) in [6.07, 6.45) is 6.21. The largest absolute Gasteiger partial charge is 0.332 e. The summed E-state index contributed by atoms with van der Waals surface area (Å²) in [6.45, 7) is 1.92. The fourth-order valence-corrected chi connectivity index (χ4v) is 3.65. The number of aryl methyl sites for hydroxylation is 1. The number of pyridine rings is 1. The van der Waals surface area contributed by atoms with E-state index in [1.165, 1.54) is 12.3 Å². The average Bonchev–Trinajstić information content (AvgIpc) is 3.32. The maximum atomic E-state index is 13.8. The summed E-state index contributed by atoms with van der Waals surface area (Å²) in [5.74, 6) is -1.58. The van der Waals surface area contributed by atoms with Crippen molar-refractivity contribution in [3.63, 3.8) is 0 Å². The molecule has 0 unspecified atom stereocenters. The van der Waals surface area contributed by atoms with Gasteiger partial charge in [0.05, 0.1) is 30.0 Å². The third-order valence-electron chi connectivity index (χ3n) is 5.26. The van der Waals surface area contributed by atoms with Crippen LogP contribution < -0.4 is 5.32 Å². The van der Waals surface area contributed by atoms with E-state index in [0.29, 0.717) is 0 Å². The van der Waals surface area contributed by atoms with E-state index in [4.69, 9.17) is 0 Å². The minimum Gasteiger partial charge on any atom is -0.332 e. The zero-order valence-corrected chi connectivity index (χ0v) is 14.6. The molecule has 2 amide bonds. The van der Waals surface area contributed by atoms with Crippen molar-refractivity contribution >= 4 is 17.5 Å². The molecule has 1 saturated carbocycles. The van der Waals surface area contributed by atoms with Crippen LogP contribution in [0.4, 0.5) is 10.1 Å². The standard InChI is InChI=1S/C18H20FN5O2/c1-10-13(8-21-23(10)2)17-12(7-16(25)24(17)11-3-4-11)18(26)22-15-5-6-20-9-14(15)19/h5-6,8-9,11-12,17H,3-4,7H2,1-2H3,(H,20,22,26)/t12-,17-/m0/s1. The fourth-order valence-electron chi connectivity index (χ4n) is 3.65. The second-order valence-electron chi connectivity index (χ2n) is 6.94. The topological polar surface area (TPSA) is 80.1 Å². The third kappa shape index (κ3) is 2.75. The number of nitrogens with zero attached hydrogens (tertiary/aromatic N) is 4. The molecule has 2 aliphatic rings. The first kappa shape index (κ1) is 16.7. The number of carbonyl (C=O) groups excluding carboxylic acids is 2. The van der Waals surface area contributed by atoms with Gasteiger partial charge in [0.2, 0.25) is 11.8 Å². The van der Waals surface area contributed by atoms with Crippen LogP contribution in [0.3, 0.4) is 0 Å². The number of amides is 2. The molecule has 1 aliphatic heterocycles. The van der Waals surface area contributed by atoms with Gasteiger partial charge in [-0.2, -0.15) is 5.10 Å². The number of hydrogen-bond donors (Lipinski definition) is 1. The number of carbonyl (C=O) groups is 2. The van der Waals surface area contributed by atoms with Crippen molar-refractivity contribution in [2.24, 2.45) is 13.0 Å². The molecule has 26 heavy (non-hydrogen) atoms. The van der Waals surface area contributed by atoms with Crippen LogP contribution >= 0.6 is 0 Å². The number of halogens is 1. The minimum atomic E-state index is -0.599. The molecule has 2 aromatic rings. The van der Waals surface area contributed by atoms with Crippen molar-refractivity contribution in [3.8, 4) is 0 Å². The molecule has 2 fully saturated rings. The van der Waals surface area contributed by atoms with Gasteiger partial charge in [0.15, 0.2) is 5.82 Å². The lowest BCUT2D eigenvalue weighted by atomic mass is 9.93. The van der Waals surface area contributed by atoms with Crippen molar-refractivity contribution in [3.05, 3.63) is 41.7 Å². The van der Waals surface area contributed by atoms with Crippen molar-refractivity contribution < 1.29 is 14.0 Å². The Kier molecular flexibility index (Phi) is 3.97. The van der Waals surface area contributed by atoms with Gasteiger partial charge in [-0.15, -0.1) is 0 Å². The van der Waals surface area contributed by atoms with Gasteiger partial charge < -0.3 is 10.2 Å². The van der Waals surface area contributed by atoms with Gasteiger partial charge >= 0.3 is 0 Å². The fraction of sp³-hybridized carbons (Fsp3) is 0.444. The van der Waals surface area contributed by atoms with E-state index in [9.17, 15) is 14.0 Å². The van der Waals surface area contributed by atoms with Crippen molar-refractivity contribution in [1.82, 2.24) is 19.7 Å². The van der Waals surface area contributed by atoms with Crippen molar-refractivity contribution in [2.45, 2.75) is 38.3 Å². The summed E-state index contributed by atoms with van der Waals surface area (Å²) < 4.78 is 15.6. The average molecular weight is 357 g/mol. The molecule has 1 aliphatic carbocycles. The predicted octanol–water partition coefficient (Wildman–Crippen LogP) is 1.95. The van der Waals surface area contributed by atoms with Gasteiger partial charge in [0, 0.05) is 37.0 Å². The number of likely N-dealkylation sites (tertiary alicyclic amines) is 1. The summed E-state index contributed by atoms with van der Waals surface area (Å²) >= 11 is 0. The highest BCUT2D eigenvalue weighted by Crippen LogP contribution is 2.46. The molecule has 3 heterocycles. The second kappa shape index (κ2) is 6.19. The zero-order chi connectivity index (χ0) is 18.4. The van der Waals surface area contributed by atoms with Crippen LogP contribution in [0.1, 0.15) is 36.6 Å². The Morgan fingerprint density at radius 1 is 1.35 bits per heavy atom. The van der Waals surface area contributed by atoms with Crippen LogP contribution in [0, 0.1) is 18.7 Å². The Labute approximate surface area is 150 Å². The summed E-state index contributed by atoms with van der Waals surface area (Å²) in [5.41, 5.74) is 1.87. The molecule has 4 rings (SSSR count). The van der Waals surface area contributed by atoms with Gasteiger partial charge in [-0.3, -0.25) is 19.3 Å². The number of aromatic nitrogens is 3. The normalized spacial score (nSPS) is 22.7. The lowest BCUT2D eigenvalue weighted by Crippen LogP contribution is -2.34. The van der Waals surface area contributed by atoms with E-state index in [-0.39, 0.29) is 36.0 Å². The van der Waals surface area contributed by atoms with Gasteiger partial charge in [0.1, 0.15) is 0 Å². The lowest BCUT2D eigenvalue weighted by Gasteiger charge is -2.28. The Hall–Kier alpha value is -2.77. The van der Waals surface area contributed by atoms with Gasteiger partial charge in [-0.05, 0) is 25.8 Å². The molecule has 7 nitrogen and oxygen atoms in total. The Balaban J connectivity index is 1.67. The van der Waals surface area contributed by atoms with E-state index in [2.05, 4.69) is 15.4 Å². The molecule has 2 aromatic heterocycles. The SMILES string of the molecule is Cc1c([C@@H]2[C@@H](C(=O)Nc3ccncc3F)CC(=O)N2C2CC2)cnn1C. The van der Waals surface area contributed by atoms with Crippen LogP contribution in [0.15, 0.2) is 24.7 Å². The van der Waals surface area contributed by atoms with Crippen LogP contribution in [0.25, 0.3) is 0 Å².